The van der Waals surface area contributed by atoms with Crippen LogP contribution in [0.1, 0.15) is 52.0 Å². The van der Waals surface area contributed by atoms with Crippen LogP contribution in [0.2, 0.25) is 0 Å². The van der Waals surface area contributed by atoms with Crippen molar-refractivity contribution in [1.82, 2.24) is 15.1 Å². The van der Waals surface area contributed by atoms with Crippen molar-refractivity contribution >= 4 is 0 Å². The number of rotatable bonds is 5. The minimum absolute atomic E-state index is 0.541. The number of aromatic nitrogens is 2. The summed E-state index contributed by atoms with van der Waals surface area (Å²) < 4.78 is 1.74. The third-order valence-electron chi connectivity index (χ3n) is 4.80. The summed E-state index contributed by atoms with van der Waals surface area (Å²) in [6.45, 7) is 7.08. The molecule has 0 aromatic carbocycles. The molecule has 20 heavy (non-hydrogen) atoms. The van der Waals surface area contributed by atoms with Crippen molar-refractivity contribution in [2.75, 3.05) is 6.54 Å². The monoisotopic (exact) mass is 279 g/mol. The van der Waals surface area contributed by atoms with Crippen molar-refractivity contribution in [3.63, 3.8) is 0 Å². The molecule has 1 aromatic rings. The summed E-state index contributed by atoms with van der Waals surface area (Å²) in [5.74, 6) is 1.58. The third-order valence-corrected chi connectivity index (χ3v) is 4.80. The maximum atomic E-state index is 10.6. The van der Waals surface area contributed by atoms with Gasteiger partial charge in [0.05, 0.1) is 6.20 Å². The van der Waals surface area contributed by atoms with Crippen LogP contribution in [0, 0.1) is 11.8 Å². The Hall–Kier alpha value is -0.870. The fourth-order valence-electron chi connectivity index (χ4n) is 3.35. The predicted molar refractivity (Wildman–Crippen MR) is 81.4 cm³/mol. The van der Waals surface area contributed by atoms with Crippen LogP contribution < -0.4 is 5.32 Å². The minimum Gasteiger partial charge on any atom is -0.384 e. The van der Waals surface area contributed by atoms with Gasteiger partial charge in [-0.3, -0.25) is 4.68 Å². The first kappa shape index (κ1) is 15.5. The number of hydrogen-bond donors (Lipinski definition) is 2. The fraction of sp³-hybridized carbons (Fsp3) is 0.812. The predicted octanol–water partition coefficient (Wildman–Crippen LogP) is 2.43. The van der Waals surface area contributed by atoms with Crippen molar-refractivity contribution in [3.8, 4) is 0 Å². The van der Waals surface area contributed by atoms with Crippen LogP contribution in [0.3, 0.4) is 0 Å². The van der Waals surface area contributed by atoms with Crippen molar-refractivity contribution in [3.05, 3.63) is 18.0 Å². The van der Waals surface area contributed by atoms with Crippen molar-refractivity contribution in [1.29, 1.82) is 0 Å². The lowest BCUT2D eigenvalue weighted by Crippen LogP contribution is -2.46. The topological polar surface area (TPSA) is 50.1 Å². The number of aliphatic hydroxyl groups is 1. The molecule has 4 heteroatoms. The minimum atomic E-state index is -0.852. The number of aryl methyl sites for hydroxylation is 1. The molecule has 1 heterocycles. The average Bonchev–Trinajstić information content (AvgIpc) is 2.84. The van der Waals surface area contributed by atoms with Gasteiger partial charge >= 0.3 is 0 Å². The normalized spacial score (nSPS) is 30.1. The number of hydrogen-bond acceptors (Lipinski definition) is 3. The average molecular weight is 279 g/mol. The van der Waals surface area contributed by atoms with Gasteiger partial charge in [-0.15, -0.1) is 0 Å². The lowest BCUT2D eigenvalue weighted by atomic mass is 9.77. The second kappa shape index (κ2) is 6.27. The molecule has 1 saturated carbocycles. The van der Waals surface area contributed by atoms with Crippen LogP contribution in [0.5, 0.6) is 0 Å². The second-order valence-corrected chi connectivity index (χ2v) is 6.75. The molecule has 4 unspecified atom stereocenters. The first-order valence-corrected chi connectivity index (χ1v) is 7.87. The molecular formula is C16H29N3O. The highest BCUT2D eigenvalue weighted by Gasteiger charge is 2.30. The van der Waals surface area contributed by atoms with Crippen molar-refractivity contribution < 1.29 is 5.11 Å². The number of nitrogens with zero attached hydrogens (tertiary/aromatic N) is 2. The van der Waals surface area contributed by atoms with Crippen LogP contribution in [-0.2, 0) is 12.6 Å². The molecule has 1 fully saturated rings. The fourth-order valence-corrected chi connectivity index (χ4v) is 3.35. The van der Waals surface area contributed by atoms with E-state index in [1.165, 1.54) is 25.7 Å². The summed E-state index contributed by atoms with van der Waals surface area (Å²) in [7, 11) is 1.88. The lowest BCUT2D eigenvalue weighted by Gasteiger charge is -2.37. The van der Waals surface area contributed by atoms with Gasteiger partial charge in [0, 0.05) is 31.4 Å². The highest BCUT2D eigenvalue weighted by atomic mass is 16.3. The smallest absolute Gasteiger partial charge is 0.102 e. The molecule has 0 radical (unpaired) electrons. The Morgan fingerprint density at radius 1 is 1.50 bits per heavy atom. The van der Waals surface area contributed by atoms with Gasteiger partial charge in [0.1, 0.15) is 5.60 Å². The van der Waals surface area contributed by atoms with Crippen LogP contribution in [0.15, 0.2) is 12.4 Å². The van der Waals surface area contributed by atoms with E-state index >= 15 is 0 Å². The van der Waals surface area contributed by atoms with Gasteiger partial charge in [0.15, 0.2) is 0 Å². The summed E-state index contributed by atoms with van der Waals surface area (Å²) in [6.07, 6.45) is 8.69. The zero-order valence-corrected chi connectivity index (χ0v) is 13.3. The van der Waals surface area contributed by atoms with Crippen LogP contribution >= 0.6 is 0 Å². The Morgan fingerprint density at radius 3 is 2.85 bits per heavy atom. The molecule has 2 N–H and O–H groups in total. The standard InChI is InChI=1S/C16H29N3O/c1-5-13-8-12(2)6-7-15(13)17-11-16(3,20)14-9-18-19(4)10-14/h9-10,12-13,15,17,20H,5-8,11H2,1-4H3. The Kier molecular flexibility index (Phi) is 4.86. The van der Waals surface area contributed by atoms with E-state index in [1.54, 1.807) is 10.9 Å². The summed E-state index contributed by atoms with van der Waals surface area (Å²) in [5.41, 5.74) is 0.0278. The largest absolute Gasteiger partial charge is 0.384 e. The van der Waals surface area contributed by atoms with E-state index < -0.39 is 5.60 Å². The summed E-state index contributed by atoms with van der Waals surface area (Å²) in [4.78, 5) is 0. The molecule has 2 rings (SSSR count). The molecule has 0 bridgehead atoms. The molecule has 4 nitrogen and oxygen atoms in total. The first-order valence-electron chi connectivity index (χ1n) is 7.87. The van der Waals surface area contributed by atoms with E-state index in [-0.39, 0.29) is 0 Å². The molecule has 114 valence electrons. The molecule has 0 amide bonds. The summed E-state index contributed by atoms with van der Waals surface area (Å²) in [5, 5.41) is 18.4. The summed E-state index contributed by atoms with van der Waals surface area (Å²) in [6, 6.07) is 0.541. The van der Waals surface area contributed by atoms with Gasteiger partial charge in [0.2, 0.25) is 0 Å². The van der Waals surface area contributed by atoms with E-state index in [4.69, 9.17) is 0 Å². The number of nitrogens with one attached hydrogen (secondary N) is 1. The maximum Gasteiger partial charge on any atom is 0.102 e. The lowest BCUT2D eigenvalue weighted by molar-refractivity contribution is 0.0470. The van der Waals surface area contributed by atoms with E-state index in [1.807, 2.05) is 20.2 Å². The molecule has 1 aromatic heterocycles. The highest BCUT2D eigenvalue weighted by molar-refractivity contribution is 5.14. The molecular weight excluding hydrogens is 250 g/mol. The van der Waals surface area contributed by atoms with Gasteiger partial charge in [0.25, 0.3) is 0 Å². The zero-order chi connectivity index (χ0) is 14.8. The SMILES string of the molecule is CCC1CC(C)CCC1NCC(C)(O)c1cnn(C)c1. The highest BCUT2D eigenvalue weighted by Crippen LogP contribution is 2.31. The quantitative estimate of drug-likeness (QED) is 0.870. The van der Waals surface area contributed by atoms with Crippen molar-refractivity contribution in [2.24, 2.45) is 18.9 Å². The Morgan fingerprint density at radius 2 is 2.25 bits per heavy atom. The zero-order valence-electron chi connectivity index (χ0n) is 13.3. The molecule has 0 saturated heterocycles. The van der Waals surface area contributed by atoms with E-state index in [0.717, 1.165) is 17.4 Å². The molecule has 1 aliphatic carbocycles. The van der Waals surface area contributed by atoms with E-state index in [9.17, 15) is 5.11 Å². The second-order valence-electron chi connectivity index (χ2n) is 6.75. The Balaban J connectivity index is 1.93. The van der Waals surface area contributed by atoms with Gasteiger partial charge in [-0.1, -0.05) is 20.3 Å². The summed E-state index contributed by atoms with van der Waals surface area (Å²) >= 11 is 0. The molecule has 4 atom stereocenters. The van der Waals surface area contributed by atoms with E-state index in [2.05, 4.69) is 24.3 Å². The Labute approximate surface area is 122 Å². The van der Waals surface area contributed by atoms with Crippen LogP contribution in [-0.4, -0.2) is 27.5 Å². The first-order chi connectivity index (χ1) is 9.42. The molecule has 1 aliphatic rings. The van der Waals surface area contributed by atoms with Gasteiger partial charge in [-0.05, 0) is 38.0 Å². The van der Waals surface area contributed by atoms with Crippen molar-refractivity contribution in [2.45, 2.75) is 58.1 Å². The van der Waals surface area contributed by atoms with Crippen LogP contribution in [0.4, 0.5) is 0 Å². The van der Waals surface area contributed by atoms with Gasteiger partial charge in [-0.25, -0.2) is 0 Å². The molecule has 0 aliphatic heterocycles. The Bertz CT molecular complexity index is 427. The van der Waals surface area contributed by atoms with Gasteiger partial charge < -0.3 is 10.4 Å². The third kappa shape index (κ3) is 3.61. The van der Waals surface area contributed by atoms with Gasteiger partial charge in [-0.2, -0.15) is 5.10 Å². The van der Waals surface area contributed by atoms with Crippen LogP contribution in [0.25, 0.3) is 0 Å². The van der Waals surface area contributed by atoms with E-state index in [0.29, 0.717) is 12.6 Å². The molecule has 0 spiro atoms. The maximum absolute atomic E-state index is 10.6.